The minimum Gasteiger partial charge on any atom is -0.398 e. The lowest BCUT2D eigenvalue weighted by Crippen LogP contribution is -2.16. The van der Waals surface area contributed by atoms with Crippen LogP contribution < -0.4 is 5.73 Å². The Bertz CT molecular complexity index is 379. The van der Waals surface area contributed by atoms with Crippen LogP contribution in [-0.4, -0.2) is 13.1 Å². The summed E-state index contributed by atoms with van der Waals surface area (Å²) in [7, 11) is -1.39. The highest BCUT2D eigenvalue weighted by Crippen LogP contribution is 2.17. The molecule has 0 amide bonds. The van der Waals surface area contributed by atoms with Gasteiger partial charge < -0.3 is 5.73 Å². The van der Waals surface area contributed by atoms with Crippen molar-refractivity contribution in [1.82, 2.24) is 4.98 Å². The third-order valence-corrected chi connectivity index (χ3v) is 2.66. The van der Waals surface area contributed by atoms with Crippen LogP contribution in [-0.2, 0) is 0 Å². The Hall–Kier alpha value is -0.983. The van der Waals surface area contributed by atoms with Crippen molar-refractivity contribution in [3.63, 3.8) is 0 Å². The van der Waals surface area contributed by atoms with E-state index in [2.05, 4.69) is 36.1 Å². The van der Waals surface area contributed by atoms with Gasteiger partial charge in [-0.15, -0.1) is 5.54 Å². The van der Waals surface area contributed by atoms with Gasteiger partial charge in [0.05, 0.1) is 11.3 Å². The fraction of sp³-hybridized carbons (Fsp3) is 0.300. The van der Waals surface area contributed by atoms with Gasteiger partial charge in [-0.3, -0.25) is 0 Å². The molecule has 1 rings (SSSR count). The van der Waals surface area contributed by atoms with Crippen molar-refractivity contribution in [3.05, 3.63) is 23.0 Å². The maximum absolute atomic E-state index is 5.88. The molecule has 0 aliphatic heterocycles. The van der Waals surface area contributed by atoms with E-state index in [4.69, 9.17) is 17.3 Å². The van der Waals surface area contributed by atoms with Gasteiger partial charge >= 0.3 is 0 Å². The first kappa shape index (κ1) is 11.1. The Morgan fingerprint density at radius 2 is 2.07 bits per heavy atom. The minimum atomic E-state index is -1.39. The van der Waals surface area contributed by atoms with Gasteiger partial charge in [-0.05, 0) is 6.07 Å². The first-order chi connectivity index (χ1) is 6.40. The lowest BCUT2D eigenvalue weighted by atomic mass is 10.2. The fourth-order valence-corrected chi connectivity index (χ4v) is 1.54. The van der Waals surface area contributed by atoms with Gasteiger partial charge in [0.1, 0.15) is 13.2 Å². The first-order valence-corrected chi connectivity index (χ1v) is 8.21. The third kappa shape index (κ3) is 3.06. The Labute approximate surface area is 90.5 Å². The fourth-order valence-electron chi connectivity index (χ4n) is 0.824. The summed E-state index contributed by atoms with van der Waals surface area (Å²) < 4.78 is 0. The highest BCUT2D eigenvalue weighted by molar-refractivity contribution is 6.83. The van der Waals surface area contributed by atoms with Gasteiger partial charge in [0.15, 0.2) is 0 Å². The molecule has 0 saturated carbocycles. The molecule has 0 aromatic carbocycles. The van der Waals surface area contributed by atoms with E-state index in [1.54, 1.807) is 12.3 Å². The number of nitrogens with two attached hydrogens (primary N) is 1. The number of rotatable bonds is 0. The van der Waals surface area contributed by atoms with E-state index in [-0.39, 0.29) is 0 Å². The van der Waals surface area contributed by atoms with Crippen LogP contribution in [0.4, 0.5) is 5.69 Å². The summed E-state index contributed by atoms with van der Waals surface area (Å²) in [5.41, 5.74) is 10.2. The summed E-state index contributed by atoms with van der Waals surface area (Å²) in [4.78, 5) is 3.94. The normalized spacial score (nSPS) is 10.6. The molecule has 74 valence electrons. The molecule has 0 aliphatic rings. The molecule has 4 heteroatoms. The van der Waals surface area contributed by atoms with E-state index in [1.807, 2.05) is 0 Å². The van der Waals surface area contributed by atoms with Crippen molar-refractivity contribution in [2.45, 2.75) is 19.6 Å². The molecule has 0 atom stereocenters. The van der Waals surface area contributed by atoms with Crippen LogP contribution in [0.3, 0.4) is 0 Å². The highest BCUT2D eigenvalue weighted by atomic mass is 35.5. The molecule has 14 heavy (non-hydrogen) atoms. The predicted octanol–water partition coefficient (Wildman–Crippen LogP) is 2.55. The molecule has 1 heterocycles. The van der Waals surface area contributed by atoms with E-state index in [0.29, 0.717) is 16.4 Å². The number of halogens is 1. The van der Waals surface area contributed by atoms with E-state index >= 15 is 0 Å². The Balaban J connectivity index is 3.13. The van der Waals surface area contributed by atoms with Crippen LogP contribution >= 0.6 is 11.6 Å². The summed E-state index contributed by atoms with van der Waals surface area (Å²) in [5, 5.41) is 0.385. The maximum atomic E-state index is 5.88. The molecule has 0 aliphatic carbocycles. The van der Waals surface area contributed by atoms with Crippen LogP contribution in [0.15, 0.2) is 12.3 Å². The Kier molecular flexibility index (Phi) is 3.20. The second kappa shape index (κ2) is 4.03. The molecular weight excluding hydrogens is 212 g/mol. The van der Waals surface area contributed by atoms with Gasteiger partial charge in [-0.1, -0.05) is 37.2 Å². The molecule has 2 N–H and O–H groups in total. The summed E-state index contributed by atoms with van der Waals surface area (Å²) >= 11 is 5.88. The smallest absolute Gasteiger partial charge is 0.146 e. The molecule has 0 bridgehead atoms. The lowest BCUT2D eigenvalue weighted by molar-refractivity contribution is 1.32. The second-order valence-electron chi connectivity index (χ2n) is 4.07. The van der Waals surface area contributed by atoms with E-state index in [0.717, 1.165) is 0 Å². The molecule has 0 fully saturated rings. The molecule has 1 aromatic heterocycles. The minimum absolute atomic E-state index is 0.385. The van der Waals surface area contributed by atoms with Crippen molar-refractivity contribution in [2.24, 2.45) is 0 Å². The van der Waals surface area contributed by atoms with Crippen molar-refractivity contribution in [1.29, 1.82) is 0 Å². The number of nitrogens with zero attached hydrogens (tertiary/aromatic N) is 1. The molecule has 0 unspecified atom stereocenters. The van der Waals surface area contributed by atoms with Crippen molar-refractivity contribution in [3.8, 4) is 11.5 Å². The average molecular weight is 225 g/mol. The van der Waals surface area contributed by atoms with Gasteiger partial charge in [0, 0.05) is 6.20 Å². The number of aromatic nitrogens is 1. The zero-order chi connectivity index (χ0) is 10.8. The highest BCUT2D eigenvalue weighted by Gasteiger charge is 2.09. The van der Waals surface area contributed by atoms with Crippen LogP contribution in [0, 0.1) is 11.5 Å². The van der Waals surface area contributed by atoms with Gasteiger partial charge in [-0.2, -0.15) is 0 Å². The van der Waals surface area contributed by atoms with Crippen LogP contribution in [0.25, 0.3) is 0 Å². The quantitative estimate of drug-likeness (QED) is 0.418. The summed E-state index contributed by atoms with van der Waals surface area (Å²) in [6.45, 7) is 6.50. The first-order valence-electron chi connectivity index (χ1n) is 4.33. The number of hydrogen-bond donors (Lipinski definition) is 1. The van der Waals surface area contributed by atoms with Crippen LogP contribution in [0.1, 0.15) is 5.56 Å². The third-order valence-electron chi connectivity index (χ3n) is 1.50. The Morgan fingerprint density at radius 3 is 2.57 bits per heavy atom. The Morgan fingerprint density at radius 1 is 1.43 bits per heavy atom. The summed E-state index contributed by atoms with van der Waals surface area (Å²) in [6.07, 6.45) is 1.58. The maximum Gasteiger partial charge on any atom is 0.146 e. The van der Waals surface area contributed by atoms with Crippen molar-refractivity contribution in [2.75, 3.05) is 5.73 Å². The van der Waals surface area contributed by atoms with Crippen LogP contribution in [0.2, 0.25) is 24.8 Å². The van der Waals surface area contributed by atoms with Crippen molar-refractivity contribution >= 4 is 25.4 Å². The standard InChI is InChI=1S/C10H13ClN2Si/c1-14(2,3)7-5-8-9(12)4-6-13-10(8)11/h4,6H,1-3H3,(H2,12,13). The monoisotopic (exact) mass is 224 g/mol. The number of pyridine rings is 1. The molecular formula is C10H13ClN2Si. The predicted molar refractivity (Wildman–Crippen MR) is 63.9 cm³/mol. The number of nitrogen functional groups attached to an aromatic ring is 1. The van der Waals surface area contributed by atoms with Gasteiger partial charge in [-0.25, -0.2) is 4.98 Å². The largest absolute Gasteiger partial charge is 0.398 e. The zero-order valence-corrected chi connectivity index (χ0v) is 10.3. The van der Waals surface area contributed by atoms with Crippen LogP contribution in [0.5, 0.6) is 0 Å². The summed E-state index contributed by atoms with van der Waals surface area (Å²) in [6, 6.07) is 1.71. The number of anilines is 1. The molecule has 0 spiro atoms. The average Bonchev–Trinajstić information content (AvgIpc) is 2.01. The summed E-state index contributed by atoms with van der Waals surface area (Å²) in [5.74, 6) is 3.01. The topological polar surface area (TPSA) is 38.9 Å². The van der Waals surface area contributed by atoms with E-state index < -0.39 is 8.07 Å². The molecule has 2 nitrogen and oxygen atoms in total. The van der Waals surface area contributed by atoms with Gasteiger partial charge in [0.2, 0.25) is 0 Å². The van der Waals surface area contributed by atoms with Crippen molar-refractivity contribution < 1.29 is 0 Å². The second-order valence-corrected chi connectivity index (χ2v) is 9.17. The molecule has 0 radical (unpaired) electrons. The number of hydrogen-bond acceptors (Lipinski definition) is 2. The molecule has 1 aromatic rings. The lowest BCUT2D eigenvalue weighted by Gasteiger charge is -2.04. The molecule has 0 saturated heterocycles. The van der Waals surface area contributed by atoms with Gasteiger partial charge in [0.25, 0.3) is 0 Å². The zero-order valence-electron chi connectivity index (χ0n) is 8.56. The van der Waals surface area contributed by atoms with E-state index in [1.165, 1.54) is 0 Å². The SMILES string of the molecule is C[Si](C)(C)C#Cc1c(N)ccnc1Cl. The van der Waals surface area contributed by atoms with E-state index in [9.17, 15) is 0 Å².